The van der Waals surface area contributed by atoms with Crippen LogP contribution in [0.15, 0.2) is 24.7 Å². The molecule has 1 N–H and O–H groups in total. The standard InChI is InChI=1S/C16H17FN6O/c1-22-8-11(6-19-22)20-16-18-7-14(17)15(21-16)10-4-12-2-3-13(5-10)23(12)9-24/h4,6-9,12-13H,2-3,5H2,1H3,(H,18,20,21). The molecular formula is C16H17FN6O. The Hall–Kier alpha value is -2.77. The molecule has 2 bridgehead atoms. The van der Waals surface area contributed by atoms with Crippen molar-refractivity contribution in [3.05, 3.63) is 36.2 Å². The molecular weight excluding hydrogens is 311 g/mol. The Morgan fingerprint density at radius 3 is 2.96 bits per heavy atom. The van der Waals surface area contributed by atoms with Gasteiger partial charge < -0.3 is 10.2 Å². The van der Waals surface area contributed by atoms with Crippen LogP contribution in [0.4, 0.5) is 16.0 Å². The second-order valence-electron chi connectivity index (χ2n) is 6.17. The number of anilines is 2. The highest BCUT2D eigenvalue weighted by atomic mass is 19.1. The van der Waals surface area contributed by atoms with Gasteiger partial charge in [-0.15, -0.1) is 0 Å². The molecule has 0 saturated carbocycles. The van der Waals surface area contributed by atoms with Crippen LogP contribution in [0.25, 0.3) is 5.57 Å². The maximum Gasteiger partial charge on any atom is 0.227 e. The number of nitrogens with one attached hydrogen (secondary N) is 1. The van der Waals surface area contributed by atoms with Gasteiger partial charge in [-0.3, -0.25) is 9.48 Å². The number of rotatable bonds is 4. The Kier molecular flexibility index (Phi) is 3.51. The number of halogens is 1. The van der Waals surface area contributed by atoms with E-state index >= 15 is 0 Å². The first kappa shape index (κ1) is 14.8. The van der Waals surface area contributed by atoms with E-state index in [1.54, 1.807) is 17.1 Å². The summed E-state index contributed by atoms with van der Waals surface area (Å²) >= 11 is 0. The molecule has 2 aromatic rings. The highest BCUT2D eigenvalue weighted by molar-refractivity contribution is 5.69. The molecule has 0 radical (unpaired) electrons. The fraction of sp³-hybridized carbons (Fsp3) is 0.375. The lowest BCUT2D eigenvalue weighted by atomic mass is 9.98. The van der Waals surface area contributed by atoms with E-state index in [1.807, 2.05) is 18.0 Å². The Bertz CT molecular complexity index is 817. The Labute approximate surface area is 138 Å². The molecule has 124 valence electrons. The second kappa shape index (κ2) is 5.70. The van der Waals surface area contributed by atoms with E-state index in [4.69, 9.17) is 0 Å². The monoisotopic (exact) mass is 328 g/mol. The molecule has 7 nitrogen and oxygen atoms in total. The summed E-state index contributed by atoms with van der Waals surface area (Å²) in [5.74, 6) is -0.123. The third-order valence-corrected chi connectivity index (χ3v) is 4.58. The minimum absolute atomic E-state index is 0.0420. The van der Waals surface area contributed by atoms with Crippen molar-refractivity contribution in [2.45, 2.75) is 31.3 Å². The maximum absolute atomic E-state index is 14.3. The Morgan fingerprint density at radius 1 is 1.38 bits per heavy atom. The summed E-state index contributed by atoms with van der Waals surface area (Å²) in [6.45, 7) is 0. The van der Waals surface area contributed by atoms with E-state index in [0.717, 1.165) is 30.5 Å². The zero-order chi connectivity index (χ0) is 16.7. The number of fused-ring (bicyclic) bond motifs is 2. The van der Waals surface area contributed by atoms with Gasteiger partial charge in [0.1, 0.15) is 5.69 Å². The van der Waals surface area contributed by atoms with Crippen molar-refractivity contribution in [3.8, 4) is 0 Å². The minimum Gasteiger partial charge on any atom is -0.335 e. The first-order valence-electron chi connectivity index (χ1n) is 7.86. The van der Waals surface area contributed by atoms with Crippen LogP contribution in [-0.4, -0.2) is 43.1 Å². The number of carbonyl (C=O) groups is 1. The average Bonchev–Trinajstić information content (AvgIpc) is 3.08. The van der Waals surface area contributed by atoms with Crippen molar-refractivity contribution >= 4 is 23.6 Å². The lowest BCUT2D eigenvalue weighted by Crippen LogP contribution is -2.37. The van der Waals surface area contributed by atoms with Gasteiger partial charge in [0.2, 0.25) is 12.4 Å². The molecule has 2 atom stereocenters. The topological polar surface area (TPSA) is 75.9 Å². The molecule has 1 saturated heterocycles. The van der Waals surface area contributed by atoms with Gasteiger partial charge in [0, 0.05) is 19.3 Å². The minimum atomic E-state index is -0.447. The number of aryl methyl sites for hydroxylation is 1. The summed E-state index contributed by atoms with van der Waals surface area (Å²) in [5, 5.41) is 7.09. The first-order valence-corrected chi connectivity index (χ1v) is 7.86. The van der Waals surface area contributed by atoms with Crippen molar-refractivity contribution in [2.24, 2.45) is 7.05 Å². The van der Waals surface area contributed by atoms with Crippen LogP contribution < -0.4 is 5.32 Å². The molecule has 4 heterocycles. The third kappa shape index (κ3) is 2.53. The molecule has 1 amide bonds. The lowest BCUT2D eigenvalue weighted by molar-refractivity contribution is -0.120. The van der Waals surface area contributed by atoms with Gasteiger partial charge >= 0.3 is 0 Å². The summed E-state index contributed by atoms with van der Waals surface area (Å²) in [4.78, 5) is 21.3. The average molecular weight is 328 g/mol. The van der Waals surface area contributed by atoms with Crippen LogP contribution >= 0.6 is 0 Å². The van der Waals surface area contributed by atoms with E-state index in [1.165, 1.54) is 6.20 Å². The zero-order valence-corrected chi connectivity index (χ0v) is 13.2. The first-order chi connectivity index (χ1) is 11.6. The largest absolute Gasteiger partial charge is 0.335 e. The summed E-state index contributed by atoms with van der Waals surface area (Å²) in [5.41, 5.74) is 1.88. The molecule has 2 unspecified atom stereocenters. The van der Waals surface area contributed by atoms with E-state index in [0.29, 0.717) is 18.1 Å². The van der Waals surface area contributed by atoms with E-state index in [-0.39, 0.29) is 12.1 Å². The molecule has 8 heteroatoms. The smallest absolute Gasteiger partial charge is 0.227 e. The SMILES string of the molecule is Cn1cc(Nc2ncc(F)c(C3=CC4CCC(C3)N4C=O)n2)cn1. The van der Waals surface area contributed by atoms with Crippen LogP contribution in [-0.2, 0) is 11.8 Å². The number of carbonyl (C=O) groups excluding carboxylic acids is 1. The molecule has 0 aromatic carbocycles. The van der Waals surface area contributed by atoms with Crippen LogP contribution in [0.3, 0.4) is 0 Å². The highest BCUT2D eigenvalue weighted by Gasteiger charge is 2.36. The molecule has 2 aromatic heterocycles. The predicted octanol–water partition coefficient (Wildman–Crippen LogP) is 1.87. The second-order valence-corrected chi connectivity index (χ2v) is 6.17. The Balaban J connectivity index is 1.63. The van der Waals surface area contributed by atoms with Gasteiger partial charge in [-0.2, -0.15) is 5.10 Å². The van der Waals surface area contributed by atoms with Crippen LogP contribution in [0.1, 0.15) is 25.0 Å². The fourth-order valence-corrected chi connectivity index (χ4v) is 3.47. The number of hydrogen-bond acceptors (Lipinski definition) is 5. The maximum atomic E-state index is 14.3. The molecule has 0 aliphatic carbocycles. The van der Waals surface area contributed by atoms with Crippen molar-refractivity contribution in [1.82, 2.24) is 24.6 Å². The van der Waals surface area contributed by atoms with Gasteiger partial charge in [0.25, 0.3) is 0 Å². The predicted molar refractivity (Wildman–Crippen MR) is 85.8 cm³/mol. The Morgan fingerprint density at radius 2 is 2.25 bits per heavy atom. The molecule has 24 heavy (non-hydrogen) atoms. The van der Waals surface area contributed by atoms with E-state index in [2.05, 4.69) is 20.4 Å². The van der Waals surface area contributed by atoms with Crippen LogP contribution in [0, 0.1) is 5.82 Å². The van der Waals surface area contributed by atoms with Gasteiger partial charge in [0.05, 0.1) is 24.1 Å². The van der Waals surface area contributed by atoms with Crippen molar-refractivity contribution in [2.75, 3.05) is 5.32 Å². The fourth-order valence-electron chi connectivity index (χ4n) is 3.47. The summed E-state index contributed by atoms with van der Waals surface area (Å²) in [6, 6.07) is 0.178. The quantitative estimate of drug-likeness (QED) is 0.867. The third-order valence-electron chi connectivity index (χ3n) is 4.58. The number of nitrogens with zero attached hydrogens (tertiary/aromatic N) is 5. The summed E-state index contributed by atoms with van der Waals surface area (Å²) in [7, 11) is 1.81. The van der Waals surface area contributed by atoms with E-state index < -0.39 is 5.82 Å². The number of aromatic nitrogens is 4. The molecule has 2 aliphatic rings. The molecule has 1 fully saturated rings. The summed E-state index contributed by atoms with van der Waals surface area (Å²) in [6.07, 6.45) is 9.93. The van der Waals surface area contributed by atoms with E-state index in [9.17, 15) is 9.18 Å². The highest BCUT2D eigenvalue weighted by Crippen LogP contribution is 2.37. The van der Waals surface area contributed by atoms with Gasteiger partial charge in [-0.05, 0) is 24.8 Å². The normalized spacial score (nSPS) is 22.4. The molecule has 0 spiro atoms. The van der Waals surface area contributed by atoms with Gasteiger partial charge in [-0.25, -0.2) is 14.4 Å². The number of hydrogen-bond donors (Lipinski definition) is 1. The molecule has 4 rings (SSSR count). The van der Waals surface area contributed by atoms with Crippen LogP contribution in [0.5, 0.6) is 0 Å². The zero-order valence-electron chi connectivity index (χ0n) is 13.2. The lowest BCUT2D eigenvalue weighted by Gasteiger charge is -2.30. The number of amides is 1. The van der Waals surface area contributed by atoms with Gasteiger partial charge in [-0.1, -0.05) is 6.08 Å². The van der Waals surface area contributed by atoms with Crippen LogP contribution in [0.2, 0.25) is 0 Å². The summed E-state index contributed by atoms with van der Waals surface area (Å²) < 4.78 is 15.9. The van der Waals surface area contributed by atoms with Crippen molar-refractivity contribution in [1.29, 1.82) is 0 Å². The van der Waals surface area contributed by atoms with Crippen molar-refractivity contribution < 1.29 is 9.18 Å². The van der Waals surface area contributed by atoms with Gasteiger partial charge in [0.15, 0.2) is 5.82 Å². The molecule has 2 aliphatic heterocycles. The van der Waals surface area contributed by atoms with Crippen molar-refractivity contribution in [3.63, 3.8) is 0 Å².